The highest BCUT2D eigenvalue weighted by Gasteiger charge is 2.24. The lowest BCUT2D eigenvalue weighted by Crippen LogP contribution is -2.30. The molecule has 0 unspecified atom stereocenters. The van der Waals surface area contributed by atoms with Gasteiger partial charge in [-0.3, -0.25) is 9.63 Å². The van der Waals surface area contributed by atoms with Crippen molar-refractivity contribution in [1.29, 1.82) is 0 Å². The predicted molar refractivity (Wildman–Crippen MR) is 118 cm³/mol. The number of hydrogen-bond acceptors (Lipinski definition) is 6. The van der Waals surface area contributed by atoms with E-state index in [9.17, 15) is 21.6 Å². The summed E-state index contributed by atoms with van der Waals surface area (Å²) in [5.74, 6) is -0.580. The lowest BCUT2D eigenvalue weighted by molar-refractivity contribution is -0.0258. The number of nitrogens with one attached hydrogen (secondary N) is 1. The topological polar surface area (TPSA) is 113 Å². The summed E-state index contributed by atoms with van der Waals surface area (Å²) in [4.78, 5) is 17.3. The van der Waals surface area contributed by atoms with Crippen molar-refractivity contribution < 1.29 is 26.5 Å². The monoisotopic (exact) mass is 489 g/mol. The van der Waals surface area contributed by atoms with E-state index in [2.05, 4.69) is 5.32 Å². The van der Waals surface area contributed by atoms with Crippen molar-refractivity contribution in [2.24, 2.45) is 0 Å². The maximum atomic E-state index is 12.7. The molecule has 0 aliphatic rings. The molecule has 0 saturated heterocycles. The Morgan fingerprint density at radius 3 is 2.03 bits per heavy atom. The summed E-state index contributed by atoms with van der Waals surface area (Å²) in [6.45, 7) is 4.06. The first kappa shape index (κ1) is 25.2. The Labute approximate surface area is 187 Å². The van der Waals surface area contributed by atoms with E-state index in [1.165, 1.54) is 60.9 Å². The van der Waals surface area contributed by atoms with Crippen molar-refractivity contribution in [3.05, 3.63) is 53.1 Å². The molecular weight excluding hydrogens is 466 g/mol. The van der Waals surface area contributed by atoms with E-state index in [-0.39, 0.29) is 26.1 Å². The van der Waals surface area contributed by atoms with Crippen LogP contribution in [0.25, 0.3) is 0 Å². The lowest BCUT2D eigenvalue weighted by atomic mass is 10.2. The fourth-order valence-electron chi connectivity index (χ4n) is 2.69. The quantitative estimate of drug-likeness (QED) is 0.542. The minimum Gasteiger partial charge on any atom is -0.321 e. The van der Waals surface area contributed by atoms with Crippen molar-refractivity contribution >= 4 is 43.2 Å². The molecule has 0 aliphatic carbocycles. The fourth-order valence-corrected chi connectivity index (χ4v) is 5.32. The van der Waals surface area contributed by atoms with Crippen LogP contribution in [0.4, 0.5) is 5.69 Å². The zero-order valence-electron chi connectivity index (χ0n) is 17.5. The Hall–Kier alpha value is -2.02. The van der Waals surface area contributed by atoms with Gasteiger partial charge in [0.2, 0.25) is 10.0 Å². The van der Waals surface area contributed by atoms with Crippen LogP contribution in [0.3, 0.4) is 0 Å². The fraction of sp³-hybridized carbons (Fsp3) is 0.316. The smallest absolute Gasteiger partial charge is 0.264 e. The number of amides is 1. The number of nitrogens with zero attached hydrogens (tertiary/aromatic N) is 2. The molecule has 2 aromatic rings. The number of benzene rings is 2. The molecule has 1 N–H and O–H groups in total. The molecule has 0 aliphatic heterocycles. The molecule has 2 rings (SSSR count). The van der Waals surface area contributed by atoms with Gasteiger partial charge in [0.25, 0.3) is 15.9 Å². The van der Waals surface area contributed by atoms with Crippen molar-refractivity contribution in [2.45, 2.75) is 23.6 Å². The number of hydrogen-bond donors (Lipinski definition) is 1. The van der Waals surface area contributed by atoms with Gasteiger partial charge >= 0.3 is 0 Å². The van der Waals surface area contributed by atoms with E-state index in [1.807, 2.05) is 0 Å². The largest absolute Gasteiger partial charge is 0.321 e. The van der Waals surface area contributed by atoms with E-state index < -0.39 is 26.0 Å². The maximum absolute atomic E-state index is 12.7. The normalized spacial score (nSPS) is 12.4. The highest BCUT2D eigenvalue weighted by Crippen LogP contribution is 2.27. The van der Waals surface area contributed by atoms with Crippen molar-refractivity contribution in [1.82, 2.24) is 8.77 Å². The number of anilines is 1. The average Bonchev–Trinajstić information content (AvgIpc) is 2.75. The van der Waals surface area contributed by atoms with Gasteiger partial charge in [0.15, 0.2) is 0 Å². The average molecular weight is 490 g/mol. The highest BCUT2D eigenvalue weighted by atomic mass is 35.5. The van der Waals surface area contributed by atoms with Gasteiger partial charge in [0.05, 0.1) is 27.6 Å². The van der Waals surface area contributed by atoms with Crippen molar-refractivity contribution in [3.8, 4) is 0 Å². The SMILES string of the molecule is CCN(CC)S(=O)(=O)c1ccc(Cl)c(NC(=O)c2ccc(S(=O)(=O)N(C)OC)cc2)c1. The summed E-state index contributed by atoms with van der Waals surface area (Å²) in [5, 5.41) is 2.73. The zero-order chi connectivity index (χ0) is 23.4. The highest BCUT2D eigenvalue weighted by molar-refractivity contribution is 7.89. The van der Waals surface area contributed by atoms with Gasteiger partial charge in [-0.25, -0.2) is 16.8 Å². The standard InChI is InChI=1S/C19H24ClN3O6S2/c1-5-23(6-2)31(27,28)16-11-12-17(20)18(13-16)21-19(24)14-7-9-15(10-8-14)30(25,26)22(3)29-4/h7-13H,5-6H2,1-4H3,(H,21,24). The molecule has 0 radical (unpaired) electrons. The molecule has 170 valence electrons. The second kappa shape index (κ2) is 10.1. The Morgan fingerprint density at radius 2 is 1.52 bits per heavy atom. The second-order valence-electron chi connectivity index (χ2n) is 6.31. The van der Waals surface area contributed by atoms with Gasteiger partial charge in [-0.15, -0.1) is 0 Å². The molecule has 0 fully saturated rings. The van der Waals surface area contributed by atoms with Crippen LogP contribution in [0.2, 0.25) is 5.02 Å². The minimum absolute atomic E-state index is 0.0000517. The van der Waals surface area contributed by atoms with Crippen LogP contribution >= 0.6 is 11.6 Å². The minimum atomic E-state index is -3.85. The summed E-state index contributed by atoms with van der Waals surface area (Å²) in [6.07, 6.45) is 0. The summed E-state index contributed by atoms with van der Waals surface area (Å²) < 4.78 is 51.9. The van der Waals surface area contributed by atoms with Gasteiger partial charge in [-0.1, -0.05) is 29.9 Å². The second-order valence-corrected chi connectivity index (χ2v) is 10.6. The Bertz CT molecular complexity index is 1150. The first-order chi connectivity index (χ1) is 14.5. The Morgan fingerprint density at radius 1 is 0.968 bits per heavy atom. The summed E-state index contributed by atoms with van der Waals surface area (Å²) in [5.41, 5.74) is 0.280. The van der Waals surface area contributed by atoms with Gasteiger partial charge in [-0.2, -0.15) is 4.31 Å². The number of halogens is 1. The number of carbonyl (C=O) groups excluding carboxylic acids is 1. The van der Waals surface area contributed by atoms with E-state index >= 15 is 0 Å². The van der Waals surface area contributed by atoms with Crippen molar-refractivity contribution in [2.75, 3.05) is 32.6 Å². The first-order valence-corrected chi connectivity index (χ1v) is 12.5. The predicted octanol–water partition coefficient (Wildman–Crippen LogP) is 2.80. The van der Waals surface area contributed by atoms with Crippen LogP contribution < -0.4 is 5.32 Å². The molecule has 0 heterocycles. The number of rotatable bonds is 9. The van der Waals surface area contributed by atoms with E-state index in [0.29, 0.717) is 17.6 Å². The van der Waals surface area contributed by atoms with E-state index in [1.54, 1.807) is 13.8 Å². The molecule has 0 bridgehead atoms. The molecule has 1 amide bonds. The third-order valence-corrected chi connectivity index (χ3v) is 8.61. The summed E-state index contributed by atoms with van der Waals surface area (Å²) >= 11 is 6.14. The molecule has 0 spiro atoms. The summed E-state index contributed by atoms with van der Waals surface area (Å²) in [7, 11) is -5.11. The molecule has 12 heteroatoms. The van der Waals surface area contributed by atoms with Crippen LogP contribution in [0.15, 0.2) is 52.3 Å². The van der Waals surface area contributed by atoms with Gasteiger partial charge < -0.3 is 5.32 Å². The molecule has 2 aromatic carbocycles. The molecule has 0 atom stereocenters. The number of hydroxylamine groups is 1. The van der Waals surface area contributed by atoms with Gasteiger partial charge in [0.1, 0.15) is 0 Å². The van der Waals surface area contributed by atoms with Crippen LogP contribution in [-0.4, -0.2) is 58.8 Å². The van der Waals surface area contributed by atoms with E-state index in [0.717, 1.165) is 0 Å². The summed E-state index contributed by atoms with van der Waals surface area (Å²) in [6, 6.07) is 9.25. The van der Waals surface area contributed by atoms with Gasteiger partial charge in [-0.05, 0) is 42.5 Å². The first-order valence-electron chi connectivity index (χ1n) is 9.23. The molecule has 0 aromatic heterocycles. The van der Waals surface area contributed by atoms with Crippen LogP contribution in [-0.2, 0) is 24.9 Å². The maximum Gasteiger partial charge on any atom is 0.264 e. The van der Waals surface area contributed by atoms with Crippen LogP contribution in [0.5, 0.6) is 0 Å². The van der Waals surface area contributed by atoms with E-state index in [4.69, 9.17) is 16.4 Å². The Balaban J connectivity index is 2.30. The number of carbonyl (C=O) groups is 1. The molecule has 31 heavy (non-hydrogen) atoms. The third kappa shape index (κ3) is 5.43. The third-order valence-electron chi connectivity index (χ3n) is 4.54. The Kier molecular flexibility index (Phi) is 8.20. The van der Waals surface area contributed by atoms with Gasteiger partial charge in [0, 0.05) is 25.7 Å². The van der Waals surface area contributed by atoms with Crippen LogP contribution in [0, 0.1) is 0 Å². The molecular formula is C19H24ClN3O6S2. The zero-order valence-corrected chi connectivity index (χ0v) is 19.9. The van der Waals surface area contributed by atoms with Crippen molar-refractivity contribution in [3.63, 3.8) is 0 Å². The molecule has 0 saturated carbocycles. The van der Waals surface area contributed by atoms with Crippen LogP contribution in [0.1, 0.15) is 24.2 Å². The number of sulfonamides is 2. The molecule has 9 nitrogen and oxygen atoms in total. The lowest BCUT2D eigenvalue weighted by Gasteiger charge is -2.19.